The van der Waals surface area contributed by atoms with Crippen LogP contribution in [0.4, 0.5) is 0 Å². The first kappa shape index (κ1) is 44.7. The van der Waals surface area contributed by atoms with Crippen LogP contribution in [0.2, 0.25) is 0 Å². The third kappa shape index (κ3) is 11.3. The molecule has 0 atom stereocenters. The SMILES string of the molecule is C#CCOCCOc1ccc2ccc(OCCOCC#C)c(C(C)(c3ccc(-c4ccccc4)cc3)c3c(OCCOCC#C)ccc4ccc(OCCOCC#C)cc34)c2c1. The van der Waals surface area contributed by atoms with Crippen molar-refractivity contribution in [3.05, 3.63) is 132 Å². The van der Waals surface area contributed by atoms with E-state index in [0.717, 1.165) is 49.4 Å². The average molecular weight is 827 g/mol. The smallest absolute Gasteiger partial charge is 0.124 e. The molecule has 314 valence electrons. The molecule has 0 aliphatic rings. The van der Waals surface area contributed by atoms with Crippen molar-refractivity contribution in [2.75, 3.05) is 79.3 Å². The molecule has 6 rings (SSSR count). The highest BCUT2D eigenvalue weighted by Crippen LogP contribution is 2.52. The summed E-state index contributed by atoms with van der Waals surface area (Å²) in [5.41, 5.74) is 3.92. The highest BCUT2D eigenvalue weighted by molar-refractivity contribution is 5.96. The van der Waals surface area contributed by atoms with Crippen molar-refractivity contribution in [2.24, 2.45) is 0 Å². The summed E-state index contributed by atoms with van der Waals surface area (Å²) < 4.78 is 48.3. The number of benzene rings is 6. The molecule has 0 radical (unpaired) electrons. The van der Waals surface area contributed by atoms with E-state index in [0.29, 0.717) is 49.4 Å². The Morgan fingerprint density at radius 3 is 1.23 bits per heavy atom. The molecule has 0 aliphatic carbocycles. The molecule has 0 amide bonds. The Hall–Kier alpha value is -6.88. The molecule has 0 spiro atoms. The molecule has 8 nitrogen and oxygen atoms in total. The van der Waals surface area contributed by atoms with Crippen LogP contribution in [0.25, 0.3) is 32.7 Å². The van der Waals surface area contributed by atoms with Gasteiger partial charge in [0.05, 0.1) is 31.8 Å². The first-order valence-electron chi connectivity index (χ1n) is 20.4. The maximum atomic E-state index is 6.72. The summed E-state index contributed by atoms with van der Waals surface area (Å²) in [5, 5.41) is 3.75. The second-order valence-corrected chi connectivity index (χ2v) is 14.1. The van der Waals surface area contributed by atoms with Gasteiger partial charge in [0.15, 0.2) is 0 Å². The summed E-state index contributed by atoms with van der Waals surface area (Å²) in [4.78, 5) is 0. The lowest BCUT2D eigenvalue weighted by molar-refractivity contribution is 0.123. The number of hydrogen-bond donors (Lipinski definition) is 0. The number of terminal acetylenes is 4. The number of hydrogen-bond acceptors (Lipinski definition) is 8. The molecule has 6 aromatic rings. The van der Waals surface area contributed by atoms with Crippen LogP contribution in [0.3, 0.4) is 0 Å². The van der Waals surface area contributed by atoms with Gasteiger partial charge in [-0.2, -0.15) is 0 Å². The van der Waals surface area contributed by atoms with E-state index >= 15 is 0 Å². The second-order valence-electron chi connectivity index (χ2n) is 14.1. The third-order valence-corrected chi connectivity index (χ3v) is 10.2. The van der Waals surface area contributed by atoms with Crippen molar-refractivity contribution < 1.29 is 37.9 Å². The van der Waals surface area contributed by atoms with Crippen LogP contribution in [-0.2, 0) is 24.4 Å². The molecular formula is C54H50O8. The Morgan fingerprint density at radius 2 is 0.806 bits per heavy atom. The van der Waals surface area contributed by atoms with Crippen molar-refractivity contribution in [1.82, 2.24) is 0 Å². The van der Waals surface area contributed by atoms with Crippen molar-refractivity contribution in [1.29, 1.82) is 0 Å². The second kappa shape index (κ2) is 23.2. The first-order chi connectivity index (χ1) is 30.5. The summed E-state index contributed by atoms with van der Waals surface area (Å²) in [6.45, 7) is 5.33. The van der Waals surface area contributed by atoms with Crippen LogP contribution in [0.15, 0.2) is 115 Å². The lowest BCUT2D eigenvalue weighted by Gasteiger charge is -2.37. The van der Waals surface area contributed by atoms with Gasteiger partial charge in [-0.05, 0) is 81.6 Å². The maximum Gasteiger partial charge on any atom is 0.124 e. The molecular weight excluding hydrogens is 777 g/mol. The molecule has 0 saturated heterocycles. The summed E-state index contributed by atoms with van der Waals surface area (Å²) in [5.74, 6) is 12.6. The van der Waals surface area contributed by atoms with E-state index in [1.54, 1.807) is 0 Å². The molecule has 0 aliphatic heterocycles. The van der Waals surface area contributed by atoms with Crippen LogP contribution in [0.5, 0.6) is 23.0 Å². The standard InChI is InChI=1S/C54H50O8/c1-6-27-55-31-35-59-46-23-17-43-19-25-50(61-37-33-57-29-8-3)52(48(43)39-46)54(5,45-21-15-42(16-22-45)41-13-11-10-12-14-41)53-49-40-47(60-36-32-56-28-7-2)24-18-44(49)20-26-51(53)62-38-34-58-30-9-4/h1-4,10-26,39-40H,27-38H2,5H3. The summed E-state index contributed by atoms with van der Waals surface area (Å²) in [6, 6.07) is 39.1. The summed E-state index contributed by atoms with van der Waals surface area (Å²) in [6.07, 6.45) is 21.8. The molecule has 0 aromatic heterocycles. The van der Waals surface area contributed by atoms with E-state index < -0.39 is 5.41 Å². The fourth-order valence-electron chi connectivity index (χ4n) is 7.43. The molecule has 0 saturated carbocycles. The predicted molar refractivity (Wildman–Crippen MR) is 246 cm³/mol. The molecule has 0 heterocycles. The van der Waals surface area contributed by atoms with E-state index in [1.807, 2.05) is 78.9 Å². The number of ether oxygens (including phenoxy) is 8. The van der Waals surface area contributed by atoms with Gasteiger partial charge in [0, 0.05) is 11.1 Å². The van der Waals surface area contributed by atoms with Crippen LogP contribution >= 0.6 is 0 Å². The Bertz CT molecular complexity index is 2410. The van der Waals surface area contributed by atoms with E-state index in [1.165, 1.54) is 0 Å². The minimum absolute atomic E-state index is 0.174. The van der Waals surface area contributed by atoms with Crippen molar-refractivity contribution in [3.8, 4) is 83.5 Å². The van der Waals surface area contributed by atoms with Gasteiger partial charge in [-0.25, -0.2) is 0 Å². The molecule has 0 bridgehead atoms. The highest BCUT2D eigenvalue weighted by atomic mass is 16.5. The Balaban J connectivity index is 1.62. The zero-order chi connectivity index (χ0) is 43.4. The Labute approximate surface area is 365 Å². The van der Waals surface area contributed by atoms with Crippen LogP contribution < -0.4 is 18.9 Å². The molecule has 0 unspecified atom stereocenters. The van der Waals surface area contributed by atoms with Crippen molar-refractivity contribution in [2.45, 2.75) is 12.3 Å². The number of fused-ring (bicyclic) bond motifs is 2. The summed E-state index contributed by atoms with van der Waals surface area (Å²) in [7, 11) is 0. The van der Waals surface area contributed by atoms with Gasteiger partial charge in [-0.3, -0.25) is 0 Å². The van der Waals surface area contributed by atoms with Gasteiger partial charge >= 0.3 is 0 Å². The monoisotopic (exact) mass is 826 g/mol. The van der Waals surface area contributed by atoms with Crippen LogP contribution in [0, 0.1) is 49.4 Å². The topological polar surface area (TPSA) is 73.8 Å². The highest BCUT2D eigenvalue weighted by Gasteiger charge is 2.40. The van der Waals surface area contributed by atoms with Crippen LogP contribution in [0.1, 0.15) is 23.6 Å². The minimum atomic E-state index is -0.985. The predicted octanol–water partition coefficient (Wildman–Crippen LogP) is 9.13. The van der Waals surface area contributed by atoms with Gasteiger partial charge in [-0.15, -0.1) is 25.7 Å². The Kier molecular flexibility index (Phi) is 16.7. The maximum absolute atomic E-state index is 6.72. The third-order valence-electron chi connectivity index (χ3n) is 10.2. The van der Waals surface area contributed by atoms with E-state index in [2.05, 4.69) is 67.0 Å². The Morgan fingerprint density at radius 1 is 0.419 bits per heavy atom. The molecule has 62 heavy (non-hydrogen) atoms. The molecule has 6 aromatic carbocycles. The van der Waals surface area contributed by atoms with Crippen molar-refractivity contribution in [3.63, 3.8) is 0 Å². The van der Waals surface area contributed by atoms with Gasteiger partial charge in [0.2, 0.25) is 0 Å². The zero-order valence-electron chi connectivity index (χ0n) is 35.0. The van der Waals surface area contributed by atoms with E-state index in [-0.39, 0.29) is 52.9 Å². The average Bonchev–Trinajstić information content (AvgIpc) is 3.31. The summed E-state index contributed by atoms with van der Waals surface area (Å²) >= 11 is 0. The number of rotatable bonds is 24. The van der Waals surface area contributed by atoms with Gasteiger partial charge < -0.3 is 37.9 Å². The van der Waals surface area contributed by atoms with Crippen LogP contribution in [-0.4, -0.2) is 79.3 Å². The lowest BCUT2D eigenvalue weighted by Crippen LogP contribution is -2.28. The molecule has 0 N–H and O–H groups in total. The lowest BCUT2D eigenvalue weighted by atomic mass is 9.67. The van der Waals surface area contributed by atoms with Gasteiger partial charge in [-0.1, -0.05) is 103 Å². The van der Waals surface area contributed by atoms with Crippen molar-refractivity contribution >= 4 is 21.5 Å². The van der Waals surface area contributed by atoms with Gasteiger partial charge in [0.25, 0.3) is 0 Å². The first-order valence-corrected chi connectivity index (χ1v) is 20.4. The fourth-order valence-corrected chi connectivity index (χ4v) is 7.43. The minimum Gasteiger partial charge on any atom is -0.491 e. The fraction of sp³-hybridized carbons (Fsp3) is 0.259. The zero-order valence-corrected chi connectivity index (χ0v) is 35.0. The molecule has 0 fully saturated rings. The van der Waals surface area contributed by atoms with Gasteiger partial charge in [0.1, 0.15) is 75.9 Å². The molecule has 8 heteroatoms. The normalized spacial score (nSPS) is 11.0. The van der Waals surface area contributed by atoms with E-state index in [4.69, 9.17) is 63.6 Å². The quantitative estimate of drug-likeness (QED) is 0.0340. The largest absolute Gasteiger partial charge is 0.491 e. The van der Waals surface area contributed by atoms with E-state index in [9.17, 15) is 0 Å².